The van der Waals surface area contributed by atoms with E-state index in [-0.39, 0.29) is 6.42 Å². The minimum Gasteiger partial charge on any atom is -0.480 e. The molecule has 6 nitrogen and oxygen atoms in total. The van der Waals surface area contributed by atoms with Gasteiger partial charge in [0.2, 0.25) is 5.91 Å². The predicted molar refractivity (Wildman–Crippen MR) is 78.3 cm³/mol. The summed E-state index contributed by atoms with van der Waals surface area (Å²) in [5.74, 6) is -3.05. The smallest absolute Gasteiger partial charge is 0.321 e. The van der Waals surface area contributed by atoms with Crippen LogP contribution in [0, 0.1) is 0 Å². The van der Waals surface area contributed by atoms with Crippen molar-refractivity contribution in [3.63, 3.8) is 0 Å². The van der Waals surface area contributed by atoms with Gasteiger partial charge in [0.25, 0.3) is 0 Å². The highest BCUT2D eigenvalue weighted by Crippen LogP contribution is 2.14. The maximum atomic E-state index is 11.8. The zero-order valence-electron chi connectivity index (χ0n) is 10.7. The molecule has 1 rings (SSSR count). The number of carboxylic acid groups (broad SMARTS) is 1. The fourth-order valence-electron chi connectivity index (χ4n) is 1.60. The van der Waals surface area contributed by atoms with E-state index in [4.69, 9.17) is 5.11 Å². The molecule has 1 amide bonds. The Balaban J connectivity index is 2.75. The van der Waals surface area contributed by atoms with Gasteiger partial charge in [-0.3, -0.25) is 9.59 Å². The van der Waals surface area contributed by atoms with E-state index >= 15 is 0 Å². The van der Waals surface area contributed by atoms with Crippen molar-refractivity contribution < 1.29 is 23.1 Å². The van der Waals surface area contributed by atoms with Crippen molar-refractivity contribution in [2.75, 3.05) is 11.1 Å². The Morgan fingerprint density at radius 3 is 2.30 bits per heavy atom. The summed E-state index contributed by atoms with van der Waals surface area (Å²) in [5, 5.41) is 9.68. The monoisotopic (exact) mass is 363 g/mol. The highest BCUT2D eigenvalue weighted by molar-refractivity contribution is 9.10. The summed E-state index contributed by atoms with van der Waals surface area (Å²) < 4.78 is 24.4. The maximum Gasteiger partial charge on any atom is 0.321 e. The molecular weight excluding hydrogens is 350 g/mol. The van der Waals surface area contributed by atoms with Gasteiger partial charge in [0, 0.05) is 10.2 Å². The first-order valence-electron chi connectivity index (χ1n) is 5.76. The summed E-state index contributed by atoms with van der Waals surface area (Å²) in [6.45, 7) is 1.45. The van der Waals surface area contributed by atoms with E-state index in [1.807, 2.05) is 0 Å². The third-order valence-corrected chi connectivity index (χ3v) is 5.14. The molecule has 0 aliphatic rings. The summed E-state index contributed by atoms with van der Waals surface area (Å²) in [6, 6.07) is 6.58. The number of carboxylic acids is 1. The Morgan fingerprint density at radius 2 is 1.85 bits per heavy atom. The van der Waals surface area contributed by atoms with Crippen molar-refractivity contribution >= 4 is 43.3 Å². The lowest BCUT2D eigenvalue weighted by Gasteiger charge is -2.11. The van der Waals surface area contributed by atoms with E-state index in [2.05, 4.69) is 21.2 Å². The molecule has 0 aliphatic heterocycles. The van der Waals surface area contributed by atoms with E-state index in [1.54, 1.807) is 24.3 Å². The number of carbonyl (C=O) groups is 2. The summed E-state index contributed by atoms with van der Waals surface area (Å²) in [6.07, 6.45) is -0.0801. The van der Waals surface area contributed by atoms with Gasteiger partial charge in [-0.05, 0) is 30.7 Å². The standard InChI is InChI=1S/C12H14BrNO5S/c1-2-10(12(16)17)20(18,19)7-11(15)14-9-5-3-8(13)4-6-9/h3-6,10H,2,7H2,1H3,(H,14,15)(H,16,17). The molecule has 0 spiro atoms. The number of nitrogens with one attached hydrogen (secondary N) is 1. The van der Waals surface area contributed by atoms with E-state index in [1.165, 1.54) is 6.92 Å². The first-order chi connectivity index (χ1) is 9.26. The van der Waals surface area contributed by atoms with Crippen molar-refractivity contribution in [2.24, 2.45) is 0 Å². The van der Waals surface area contributed by atoms with Crippen LogP contribution in [0.25, 0.3) is 0 Å². The average molecular weight is 364 g/mol. The number of hydrogen-bond donors (Lipinski definition) is 2. The maximum absolute atomic E-state index is 11.8. The van der Waals surface area contributed by atoms with Gasteiger partial charge in [0.15, 0.2) is 15.1 Å². The number of sulfone groups is 1. The lowest BCUT2D eigenvalue weighted by atomic mass is 10.3. The van der Waals surface area contributed by atoms with Crippen molar-refractivity contribution in [3.05, 3.63) is 28.7 Å². The Morgan fingerprint density at radius 1 is 1.30 bits per heavy atom. The van der Waals surface area contributed by atoms with Crippen LogP contribution in [-0.2, 0) is 19.4 Å². The van der Waals surface area contributed by atoms with Gasteiger partial charge in [-0.2, -0.15) is 0 Å². The van der Waals surface area contributed by atoms with Gasteiger partial charge >= 0.3 is 5.97 Å². The quantitative estimate of drug-likeness (QED) is 0.800. The zero-order valence-corrected chi connectivity index (χ0v) is 13.1. The number of rotatable bonds is 6. The predicted octanol–water partition coefficient (Wildman–Crippen LogP) is 1.67. The molecule has 110 valence electrons. The third-order valence-electron chi connectivity index (χ3n) is 2.54. The molecule has 20 heavy (non-hydrogen) atoms. The third kappa shape index (κ3) is 4.61. The number of halogens is 1. The SMILES string of the molecule is CCC(C(=O)O)S(=O)(=O)CC(=O)Nc1ccc(Br)cc1. The van der Waals surface area contributed by atoms with Crippen LogP contribution in [0.3, 0.4) is 0 Å². The molecule has 1 atom stereocenters. The topological polar surface area (TPSA) is 101 Å². The van der Waals surface area contributed by atoms with E-state index in [0.29, 0.717) is 5.69 Å². The molecule has 2 N–H and O–H groups in total. The van der Waals surface area contributed by atoms with Crippen LogP contribution in [-0.4, -0.2) is 36.4 Å². The van der Waals surface area contributed by atoms with Gasteiger partial charge in [0.1, 0.15) is 5.75 Å². The van der Waals surface area contributed by atoms with Crippen LogP contribution in [0.4, 0.5) is 5.69 Å². The van der Waals surface area contributed by atoms with Crippen LogP contribution in [0.15, 0.2) is 28.7 Å². The second kappa shape index (κ2) is 6.85. The Kier molecular flexibility index (Phi) is 5.70. The minimum absolute atomic E-state index is 0.0801. The molecular formula is C12H14BrNO5S. The van der Waals surface area contributed by atoms with Crippen molar-refractivity contribution in [1.29, 1.82) is 0 Å². The molecule has 0 saturated carbocycles. The van der Waals surface area contributed by atoms with E-state index in [0.717, 1.165) is 4.47 Å². The van der Waals surface area contributed by atoms with E-state index in [9.17, 15) is 18.0 Å². The van der Waals surface area contributed by atoms with E-state index < -0.39 is 32.7 Å². The normalized spacial score (nSPS) is 12.7. The minimum atomic E-state index is -4.02. The summed E-state index contributed by atoms with van der Waals surface area (Å²) in [7, 11) is -4.02. The fraction of sp³-hybridized carbons (Fsp3) is 0.333. The van der Waals surface area contributed by atoms with Crippen LogP contribution in [0.1, 0.15) is 13.3 Å². The highest BCUT2D eigenvalue weighted by Gasteiger charge is 2.32. The van der Waals surface area contributed by atoms with Crippen molar-refractivity contribution in [3.8, 4) is 0 Å². The first kappa shape index (κ1) is 16.6. The summed E-state index contributed by atoms with van der Waals surface area (Å²) in [5.41, 5.74) is 0.441. The van der Waals surface area contributed by atoms with Gasteiger partial charge in [0.05, 0.1) is 0 Å². The first-order valence-corrected chi connectivity index (χ1v) is 8.27. The molecule has 0 radical (unpaired) electrons. The Bertz CT molecular complexity index is 597. The Labute approximate surface area is 125 Å². The molecule has 0 aromatic heterocycles. The zero-order chi connectivity index (χ0) is 15.3. The number of benzene rings is 1. The summed E-state index contributed by atoms with van der Waals surface area (Å²) >= 11 is 3.23. The molecule has 0 saturated heterocycles. The molecule has 0 bridgehead atoms. The van der Waals surface area contributed by atoms with Gasteiger partial charge < -0.3 is 10.4 Å². The number of amides is 1. The molecule has 0 aliphatic carbocycles. The average Bonchev–Trinajstić information content (AvgIpc) is 2.31. The van der Waals surface area contributed by atoms with Gasteiger partial charge in [-0.15, -0.1) is 0 Å². The lowest BCUT2D eigenvalue weighted by Crippen LogP contribution is -2.35. The number of carbonyl (C=O) groups excluding carboxylic acids is 1. The second-order valence-corrected chi connectivity index (χ2v) is 7.20. The molecule has 1 unspecified atom stereocenters. The van der Waals surface area contributed by atoms with Crippen LogP contribution < -0.4 is 5.32 Å². The fourth-order valence-corrected chi connectivity index (χ4v) is 3.31. The lowest BCUT2D eigenvalue weighted by molar-refractivity contribution is -0.136. The number of hydrogen-bond acceptors (Lipinski definition) is 4. The van der Waals surface area contributed by atoms with Crippen LogP contribution >= 0.6 is 15.9 Å². The van der Waals surface area contributed by atoms with Crippen LogP contribution in [0.2, 0.25) is 0 Å². The number of anilines is 1. The Hall–Kier alpha value is -1.41. The molecule has 8 heteroatoms. The molecule has 0 fully saturated rings. The van der Waals surface area contributed by atoms with Gasteiger partial charge in [-0.1, -0.05) is 22.9 Å². The second-order valence-electron chi connectivity index (χ2n) is 4.10. The van der Waals surface area contributed by atoms with Gasteiger partial charge in [-0.25, -0.2) is 8.42 Å². The highest BCUT2D eigenvalue weighted by atomic mass is 79.9. The molecule has 1 aromatic carbocycles. The van der Waals surface area contributed by atoms with Crippen molar-refractivity contribution in [2.45, 2.75) is 18.6 Å². The van der Waals surface area contributed by atoms with Crippen molar-refractivity contribution in [1.82, 2.24) is 0 Å². The molecule has 1 aromatic rings. The molecule has 0 heterocycles. The number of aliphatic carboxylic acids is 1. The summed E-state index contributed by atoms with van der Waals surface area (Å²) in [4.78, 5) is 22.5. The largest absolute Gasteiger partial charge is 0.480 e. The van der Waals surface area contributed by atoms with Crippen LogP contribution in [0.5, 0.6) is 0 Å².